The van der Waals surface area contributed by atoms with E-state index in [1.165, 1.54) is 0 Å². The molecule has 0 bridgehead atoms. The quantitative estimate of drug-likeness (QED) is 0.708. The molecule has 1 aliphatic carbocycles. The maximum Gasteiger partial charge on any atom is 0.275 e. The number of aromatic nitrogens is 2. The Morgan fingerprint density at radius 2 is 1.70 bits per heavy atom. The summed E-state index contributed by atoms with van der Waals surface area (Å²) in [7, 11) is 3.52. The highest BCUT2D eigenvalue weighted by atomic mass is 16.5. The average Bonchev–Trinajstić information content (AvgIpc) is 3.49. The molecule has 1 saturated heterocycles. The van der Waals surface area contributed by atoms with E-state index in [0.29, 0.717) is 24.3 Å². The van der Waals surface area contributed by atoms with E-state index in [4.69, 9.17) is 4.74 Å². The summed E-state index contributed by atoms with van der Waals surface area (Å²) in [6.07, 6.45) is 1.74. The van der Waals surface area contributed by atoms with Crippen LogP contribution in [0.25, 0.3) is 10.9 Å². The zero-order valence-electron chi connectivity index (χ0n) is 17.1. The minimum atomic E-state index is -0.588. The van der Waals surface area contributed by atoms with Crippen LogP contribution in [-0.2, 0) is 11.8 Å². The Morgan fingerprint density at radius 1 is 1.03 bits per heavy atom. The SMILES string of the molecule is COC1(C2(NC(=O)c3ccccc3)CN(C(=O)c3nn(C)c4ccccc34)C2)CC1. The highest BCUT2D eigenvalue weighted by molar-refractivity contribution is 6.05. The number of ether oxygens (including phenoxy) is 1. The van der Waals surface area contributed by atoms with Crippen molar-refractivity contribution in [3.8, 4) is 0 Å². The van der Waals surface area contributed by atoms with Gasteiger partial charge in [0.1, 0.15) is 5.54 Å². The third-order valence-corrected chi connectivity index (χ3v) is 6.52. The van der Waals surface area contributed by atoms with Gasteiger partial charge in [-0.2, -0.15) is 5.10 Å². The Labute approximate surface area is 174 Å². The van der Waals surface area contributed by atoms with E-state index in [0.717, 1.165) is 23.7 Å². The van der Waals surface area contributed by atoms with Crippen LogP contribution in [0.5, 0.6) is 0 Å². The summed E-state index contributed by atoms with van der Waals surface area (Å²) in [6, 6.07) is 16.8. The summed E-state index contributed by atoms with van der Waals surface area (Å²) < 4.78 is 7.56. The van der Waals surface area contributed by atoms with Crippen molar-refractivity contribution in [2.75, 3.05) is 20.2 Å². The Morgan fingerprint density at radius 3 is 2.37 bits per heavy atom. The van der Waals surface area contributed by atoms with E-state index in [9.17, 15) is 9.59 Å². The number of carbonyl (C=O) groups is 2. The zero-order chi connectivity index (χ0) is 20.9. The number of aryl methyl sites for hydroxylation is 1. The van der Waals surface area contributed by atoms with Crippen molar-refractivity contribution in [3.63, 3.8) is 0 Å². The van der Waals surface area contributed by atoms with Gasteiger partial charge in [-0.25, -0.2) is 0 Å². The fraction of sp³-hybridized carbons (Fsp3) is 0.348. The predicted molar refractivity (Wildman–Crippen MR) is 112 cm³/mol. The number of amides is 2. The van der Waals surface area contributed by atoms with Crippen LogP contribution in [-0.4, -0.2) is 57.8 Å². The van der Waals surface area contributed by atoms with E-state index in [2.05, 4.69) is 10.4 Å². The van der Waals surface area contributed by atoms with Gasteiger partial charge in [0.05, 0.1) is 11.1 Å². The first-order chi connectivity index (χ1) is 14.5. The Bertz CT molecular complexity index is 1130. The van der Waals surface area contributed by atoms with E-state index < -0.39 is 11.1 Å². The lowest BCUT2D eigenvalue weighted by atomic mass is 9.80. The van der Waals surface area contributed by atoms with Gasteiger partial charge >= 0.3 is 0 Å². The van der Waals surface area contributed by atoms with Gasteiger partial charge in [-0.05, 0) is 31.0 Å². The van der Waals surface area contributed by atoms with Crippen LogP contribution in [0.15, 0.2) is 54.6 Å². The van der Waals surface area contributed by atoms with Crippen molar-refractivity contribution in [1.29, 1.82) is 0 Å². The minimum absolute atomic E-state index is 0.122. The van der Waals surface area contributed by atoms with Gasteiger partial charge in [-0.3, -0.25) is 14.3 Å². The number of hydrogen-bond acceptors (Lipinski definition) is 4. The number of methoxy groups -OCH3 is 1. The van der Waals surface area contributed by atoms with Gasteiger partial charge < -0.3 is 15.0 Å². The molecule has 0 unspecified atom stereocenters. The first-order valence-electron chi connectivity index (χ1n) is 10.1. The number of para-hydroxylation sites is 1. The molecule has 1 aromatic heterocycles. The van der Waals surface area contributed by atoms with Crippen molar-refractivity contribution in [1.82, 2.24) is 20.0 Å². The van der Waals surface area contributed by atoms with Gasteiger partial charge in [0.15, 0.2) is 5.69 Å². The lowest BCUT2D eigenvalue weighted by Crippen LogP contribution is -2.77. The molecule has 0 radical (unpaired) electrons. The highest BCUT2D eigenvalue weighted by Crippen LogP contribution is 2.52. The zero-order valence-corrected chi connectivity index (χ0v) is 17.1. The van der Waals surface area contributed by atoms with Crippen molar-refractivity contribution in [3.05, 3.63) is 65.9 Å². The monoisotopic (exact) mass is 404 g/mol. The molecule has 2 aromatic carbocycles. The molecule has 7 nitrogen and oxygen atoms in total. The van der Waals surface area contributed by atoms with E-state index in [1.54, 1.807) is 28.8 Å². The van der Waals surface area contributed by atoms with E-state index >= 15 is 0 Å². The Balaban J connectivity index is 1.40. The molecule has 2 aliphatic rings. The van der Waals surface area contributed by atoms with E-state index in [-0.39, 0.29) is 11.8 Å². The molecule has 1 aliphatic heterocycles. The van der Waals surface area contributed by atoms with Crippen molar-refractivity contribution in [2.45, 2.75) is 24.0 Å². The molecule has 154 valence electrons. The highest BCUT2D eigenvalue weighted by Gasteiger charge is 2.66. The Hall–Kier alpha value is -3.19. The third-order valence-electron chi connectivity index (χ3n) is 6.52. The largest absolute Gasteiger partial charge is 0.376 e. The molecule has 1 N–H and O–H groups in total. The average molecular weight is 404 g/mol. The van der Waals surface area contributed by atoms with Crippen LogP contribution >= 0.6 is 0 Å². The van der Waals surface area contributed by atoms with Crippen molar-refractivity contribution in [2.24, 2.45) is 7.05 Å². The summed E-state index contributed by atoms with van der Waals surface area (Å²) in [4.78, 5) is 27.9. The molecule has 1 saturated carbocycles. The maximum atomic E-state index is 13.2. The fourth-order valence-electron chi connectivity index (χ4n) is 4.62. The third kappa shape index (κ3) is 2.73. The summed E-state index contributed by atoms with van der Waals surface area (Å²) >= 11 is 0. The molecule has 30 heavy (non-hydrogen) atoms. The van der Waals surface area contributed by atoms with Crippen molar-refractivity contribution < 1.29 is 14.3 Å². The molecule has 2 fully saturated rings. The standard InChI is InChI=1S/C23H24N4O3/c1-26-18-11-7-6-10-17(18)19(25-26)21(29)27-14-22(15-27,23(30-2)12-13-23)24-20(28)16-8-4-3-5-9-16/h3-11H,12-15H2,1-2H3,(H,24,28). The normalized spacial score (nSPS) is 18.7. The first-order valence-corrected chi connectivity index (χ1v) is 10.1. The summed E-state index contributed by atoms with van der Waals surface area (Å²) in [5.74, 6) is -0.266. The number of carbonyl (C=O) groups excluding carboxylic acids is 2. The maximum absolute atomic E-state index is 13.2. The van der Waals surface area contributed by atoms with Gasteiger partial charge in [0.25, 0.3) is 11.8 Å². The molecular formula is C23H24N4O3. The van der Waals surface area contributed by atoms with Crippen LogP contribution < -0.4 is 5.32 Å². The second-order valence-electron chi connectivity index (χ2n) is 8.25. The number of fused-ring (bicyclic) bond motifs is 1. The molecule has 7 heteroatoms. The lowest BCUT2D eigenvalue weighted by molar-refractivity contribution is -0.0710. The van der Waals surface area contributed by atoms with Crippen LogP contribution in [0.4, 0.5) is 0 Å². The number of nitrogens with zero attached hydrogens (tertiary/aromatic N) is 3. The molecule has 5 rings (SSSR count). The second-order valence-corrected chi connectivity index (χ2v) is 8.25. The van der Waals surface area contributed by atoms with E-state index in [1.807, 2.05) is 49.5 Å². The van der Waals surface area contributed by atoms with Gasteiger partial charge in [0.2, 0.25) is 0 Å². The molecule has 0 atom stereocenters. The topological polar surface area (TPSA) is 76.5 Å². The molecule has 2 heterocycles. The summed E-state index contributed by atoms with van der Waals surface area (Å²) in [5, 5.41) is 8.49. The fourth-order valence-corrected chi connectivity index (χ4v) is 4.62. The molecule has 3 aromatic rings. The van der Waals surface area contributed by atoms with Crippen LogP contribution in [0.2, 0.25) is 0 Å². The van der Waals surface area contributed by atoms with Crippen molar-refractivity contribution >= 4 is 22.7 Å². The molecule has 2 amide bonds. The van der Waals surface area contributed by atoms with Gasteiger partial charge in [-0.1, -0.05) is 36.4 Å². The lowest BCUT2D eigenvalue weighted by Gasteiger charge is -2.54. The molecule has 0 spiro atoms. The van der Waals surface area contributed by atoms with Crippen LogP contribution in [0, 0.1) is 0 Å². The Kier molecular flexibility index (Phi) is 4.18. The van der Waals surface area contributed by atoms with Gasteiger partial charge in [-0.15, -0.1) is 0 Å². The minimum Gasteiger partial charge on any atom is -0.376 e. The molecular weight excluding hydrogens is 380 g/mol. The number of likely N-dealkylation sites (tertiary alicyclic amines) is 1. The number of benzene rings is 2. The number of nitrogens with one attached hydrogen (secondary N) is 1. The smallest absolute Gasteiger partial charge is 0.275 e. The predicted octanol–water partition coefficient (Wildman–Crippen LogP) is 2.38. The summed E-state index contributed by atoms with van der Waals surface area (Å²) in [5.41, 5.74) is 0.957. The summed E-state index contributed by atoms with van der Waals surface area (Å²) in [6.45, 7) is 0.812. The first kappa shape index (κ1) is 18.8. The van der Waals surface area contributed by atoms with Crippen LogP contribution in [0.3, 0.4) is 0 Å². The second kappa shape index (κ2) is 6.67. The number of rotatable bonds is 5. The number of hydrogen-bond donors (Lipinski definition) is 1. The van der Waals surface area contributed by atoms with Gasteiger partial charge in [0, 0.05) is 38.2 Å². The van der Waals surface area contributed by atoms with Crippen LogP contribution in [0.1, 0.15) is 33.7 Å².